The van der Waals surface area contributed by atoms with Gasteiger partial charge in [-0.3, -0.25) is 0 Å². The fraction of sp³-hybridized carbons (Fsp3) is 0.692. The number of carbonyl (C=O) groups is 2. The summed E-state index contributed by atoms with van der Waals surface area (Å²) in [6.45, 7) is 10.4. The van der Waals surface area contributed by atoms with Crippen molar-refractivity contribution >= 4 is 12.1 Å². The number of esters is 1. The predicted molar refractivity (Wildman–Crippen MR) is 128 cm³/mol. The molecule has 0 aliphatic heterocycles. The van der Waals surface area contributed by atoms with Crippen LogP contribution >= 0.6 is 0 Å². The lowest BCUT2D eigenvalue weighted by Gasteiger charge is -2.34. The first-order valence-electron chi connectivity index (χ1n) is 12.0. The maximum absolute atomic E-state index is 13.0. The molecule has 1 saturated carbocycles. The second-order valence-corrected chi connectivity index (χ2v) is 10.4. The molecule has 6 nitrogen and oxygen atoms in total. The monoisotopic (exact) mass is 446 g/mol. The van der Waals surface area contributed by atoms with Gasteiger partial charge in [0.25, 0.3) is 0 Å². The van der Waals surface area contributed by atoms with Crippen molar-refractivity contribution in [3.63, 3.8) is 0 Å². The number of carbonyl (C=O) groups excluding carboxylic acids is 2. The van der Waals surface area contributed by atoms with Crippen LogP contribution in [0.4, 0.5) is 4.79 Å². The molecular weight excluding hydrogens is 404 g/mol. The molecule has 1 fully saturated rings. The van der Waals surface area contributed by atoms with E-state index in [1.807, 2.05) is 32.0 Å². The van der Waals surface area contributed by atoms with Crippen molar-refractivity contribution < 1.29 is 19.1 Å². The molecule has 0 heterocycles. The van der Waals surface area contributed by atoms with E-state index in [1.54, 1.807) is 20.8 Å². The van der Waals surface area contributed by atoms with Gasteiger partial charge < -0.3 is 19.7 Å². The molecule has 2 rings (SSSR count). The molecule has 0 bridgehead atoms. The van der Waals surface area contributed by atoms with Gasteiger partial charge in [-0.25, -0.2) is 9.59 Å². The third-order valence-electron chi connectivity index (χ3n) is 6.15. The first kappa shape index (κ1) is 26.2. The van der Waals surface area contributed by atoms with Crippen molar-refractivity contribution in [3.05, 3.63) is 29.8 Å². The van der Waals surface area contributed by atoms with Gasteiger partial charge in [0.1, 0.15) is 17.4 Å². The fourth-order valence-electron chi connectivity index (χ4n) is 4.43. The molecule has 1 N–H and O–H groups in total. The summed E-state index contributed by atoms with van der Waals surface area (Å²) < 4.78 is 11.1. The standard InChI is InChI=1S/C26H42N2O4/c1-8-18(2)23(27-25(30)32-26(3,4)5)24(29)31-21-14-11-13-19(16-21)22-15-10-9-12-20(22)17-28(6)7/h11,13-14,16,18,20,22-23H,8-10,12,15,17H2,1-7H3,(H,27,30)/t18?,20-,22?,23?/m1/s1. The molecule has 1 aliphatic rings. The molecule has 1 aromatic carbocycles. The molecule has 180 valence electrons. The van der Waals surface area contributed by atoms with Crippen LogP contribution in [0, 0.1) is 11.8 Å². The quantitative estimate of drug-likeness (QED) is 0.430. The lowest BCUT2D eigenvalue weighted by atomic mass is 9.75. The van der Waals surface area contributed by atoms with Gasteiger partial charge in [0.15, 0.2) is 0 Å². The normalized spacial score (nSPS) is 21.0. The van der Waals surface area contributed by atoms with Gasteiger partial charge in [0.05, 0.1) is 0 Å². The first-order chi connectivity index (χ1) is 15.0. The number of alkyl carbamates (subject to hydrolysis) is 1. The second-order valence-electron chi connectivity index (χ2n) is 10.4. The van der Waals surface area contributed by atoms with Crippen LogP contribution < -0.4 is 10.1 Å². The Morgan fingerprint density at radius 2 is 1.88 bits per heavy atom. The highest BCUT2D eigenvalue weighted by atomic mass is 16.6. The summed E-state index contributed by atoms with van der Waals surface area (Å²) in [7, 11) is 4.24. The largest absolute Gasteiger partial charge is 0.444 e. The highest BCUT2D eigenvalue weighted by Crippen LogP contribution is 2.39. The molecule has 32 heavy (non-hydrogen) atoms. The summed E-state index contributed by atoms with van der Waals surface area (Å²) in [6.07, 6.45) is 5.01. The summed E-state index contributed by atoms with van der Waals surface area (Å²) in [4.78, 5) is 27.6. The van der Waals surface area contributed by atoms with Crippen molar-refractivity contribution in [3.8, 4) is 5.75 Å². The van der Waals surface area contributed by atoms with Crippen LogP contribution in [0.25, 0.3) is 0 Å². The molecule has 1 aromatic rings. The van der Waals surface area contributed by atoms with E-state index in [4.69, 9.17) is 9.47 Å². The maximum atomic E-state index is 13.0. The van der Waals surface area contributed by atoms with Crippen LogP contribution in [0.15, 0.2) is 24.3 Å². The van der Waals surface area contributed by atoms with Gasteiger partial charge in [0.2, 0.25) is 0 Å². The Kier molecular flexibility index (Phi) is 9.56. The van der Waals surface area contributed by atoms with E-state index < -0.39 is 23.7 Å². The molecule has 4 atom stereocenters. The van der Waals surface area contributed by atoms with E-state index in [0.717, 1.165) is 19.4 Å². The van der Waals surface area contributed by atoms with Crippen LogP contribution in [0.1, 0.15) is 78.2 Å². The average molecular weight is 447 g/mol. The van der Waals surface area contributed by atoms with E-state index in [-0.39, 0.29) is 5.92 Å². The molecule has 0 spiro atoms. The van der Waals surface area contributed by atoms with Crippen LogP contribution in [0.5, 0.6) is 5.75 Å². The summed E-state index contributed by atoms with van der Waals surface area (Å²) in [6, 6.07) is 7.14. The Hall–Kier alpha value is -2.08. The Balaban J connectivity index is 2.14. The molecule has 1 aliphatic carbocycles. The molecule has 0 aromatic heterocycles. The van der Waals surface area contributed by atoms with Crippen molar-refractivity contribution in [2.45, 2.75) is 84.3 Å². The Labute approximate surface area is 194 Å². The van der Waals surface area contributed by atoms with Crippen molar-refractivity contribution in [1.82, 2.24) is 10.2 Å². The number of rotatable bonds is 8. The third-order valence-corrected chi connectivity index (χ3v) is 6.15. The zero-order valence-electron chi connectivity index (χ0n) is 20.9. The number of nitrogens with zero attached hydrogens (tertiary/aromatic N) is 1. The van der Waals surface area contributed by atoms with Gasteiger partial charge in [-0.1, -0.05) is 45.2 Å². The van der Waals surface area contributed by atoms with Gasteiger partial charge in [-0.05, 0) is 83.2 Å². The topological polar surface area (TPSA) is 67.9 Å². The van der Waals surface area contributed by atoms with Crippen LogP contribution in [0.2, 0.25) is 0 Å². The molecule has 3 unspecified atom stereocenters. The number of hydrogen-bond acceptors (Lipinski definition) is 5. The molecular formula is C26H42N2O4. The third kappa shape index (κ3) is 8.12. The molecule has 0 radical (unpaired) electrons. The summed E-state index contributed by atoms with van der Waals surface area (Å²) in [5, 5.41) is 2.71. The Bertz CT molecular complexity index is 756. The highest BCUT2D eigenvalue weighted by molar-refractivity contribution is 5.83. The SMILES string of the molecule is CCC(C)C(NC(=O)OC(C)(C)C)C(=O)Oc1cccc(C2CCCC[C@@H]2CN(C)C)c1. The van der Waals surface area contributed by atoms with Crippen molar-refractivity contribution in [1.29, 1.82) is 0 Å². The van der Waals surface area contributed by atoms with E-state index in [9.17, 15) is 9.59 Å². The van der Waals surface area contributed by atoms with Crippen molar-refractivity contribution in [2.24, 2.45) is 11.8 Å². The Morgan fingerprint density at radius 3 is 2.50 bits per heavy atom. The fourth-order valence-corrected chi connectivity index (χ4v) is 4.43. The number of benzene rings is 1. The molecule has 1 amide bonds. The second kappa shape index (κ2) is 11.7. The van der Waals surface area contributed by atoms with E-state index in [0.29, 0.717) is 17.6 Å². The molecule has 6 heteroatoms. The smallest absolute Gasteiger partial charge is 0.408 e. The van der Waals surface area contributed by atoms with Crippen molar-refractivity contribution in [2.75, 3.05) is 20.6 Å². The van der Waals surface area contributed by atoms with E-state index in [2.05, 4.69) is 30.4 Å². The van der Waals surface area contributed by atoms with E-state index >= 15 is 0 Å². The summed E-state index contributed by atoms with van der Waals surface area (Å²) in [5.41, 5.74) is 0.591. The minimum Gasteiger partial charge on any atom is -0.444 e. The van der Waals surface area contributed by atoms with E-state index in [1.165, 1.54) is 24.8 Å². The minimum absolute atomic E-state index is 0.0824. The lowest BCUT2D eigenvalue weighted by Crippen LogP contribution is -2.48. The van der Waals surface area contributed by atoms with Gasteiger partial charge in [0, 0.05) is 6.54 Å². The minimum atomic E-state index is -0.769. The van der Waals surface area contributed by atoms with Crippen LogP contribution in [-0.2, 0) is 9.53 Å². The van der Waals surface area contributed by atoms with Crippen LogP contribution in [-0.4, -0.2) is 49.2 Å². The van der Waals surface area contributed by atoms with Gasteiger partial charge in [-0.15, -0.1) is 0 Å². The zero-order chi connectivity index (χ0) is 23.9. The average Bonchev–Trinajstić information content (AvgIpc) is 2.70. The Morgan fingerprint density at radius 1 is 1.19 bits per heavy atom. The number of hydrogen-bond donors (Lipinski definition) is 1. The van der Waals surface area contributed by atoms with Crippen LogP contribution in [0.3, 0.4) is 0 Å². The number of amides is 1. The number of ether oxygens (including phenoxy) is 2. The number of nitrogens with one attached hydrogen (secondary N) is 1. The highest BCUT2D eigenvalue weighted by Gasteiger charge is 2.31. The van der Waals surface area contributed by atoms with Gasteiger partial charge in [-0.2, -0.15) is 0 Å². The zero-order valence-corrected chi connectivity index (χ0v) is 20.9. The molecule has 0 saturated heterocycles. The summed E-state index contributed by atoms with van der Waals surface area (Å²) >= 11 is 0. The predicted octanol–water partition coefficient (Wildman–Crippen LogP) is 5.37. The van der Waals surface area contributed by atoms with Gasteiger partial charge >= 0.3 is 12.1 Å². The first-order valence-corrected chi connectivity index (χ1v) is 12.0. The maximum Gasteiger partial charge on any atom is 0.408 e. The lowest BCUT2D eigenvalue weighted by molar-refractivity contribution is -0.138. The summed E-state index contributed by atoms with van der Waals surface area (Å²) in [5.74, 6) is 1.05.